The van der Waals surface area contributed by atoms with E-state index in [1.807, 2.05) is 0 Å². The third-order valence-electron chi connectivity index (χ3n) is 27.9. The minimum Gasteiger partial charge on any atom is -0.462 e. The van der Waals surface area contributed by atoms with Gasteiger partial charge >= 0.3 is 39.5 Å². The first-order valence-corrected chi connectivity index (χ1v) is 60.6. The summed E-state index contributed by atoms with van der Waals surface area (Å²) < 4.78 is 81.6. The molecule has 2 heterocycles. The maximum Gasteiger partial charge on any atom is 0.472 e. The fraction of sp³-hybridized carbons (Fsp3) is 0.936. The molecule has 14 atom stereocenters. The lowest BCUT2D eigenvalue weighted by Gasteiger charge is -2.47. The molecule has 0 radical (unpaired) electrons. The van der Waals surface area contributed by atoms with Crippen LogP contribution in [0.2, 0.25) is 0 Å². The van der Waals surface area contributed by atoms with Crippen LogP contribution >= 0.6 is 15.6 Å². The van der Waals surface area contributed by atoms with Crippen LogP contribution in [0, 0.1) is 5.92 Å². The lowest BCUT2D eigenvalue weighted by molar-refractivity contribution is -0.296. The van der Waals surface area contributed by atoms with Gasteiger partial charge in [0.25, 0.3) is 0 Å². The van der Waals surface area contributed by atoms with Crippen LogP contribution in [-0.2, 0) is 84.9 Å². The van der Waals surface area contributed by atoms with Crippen LogP contribution in [-0.4, -0.2) is 169 Å². The Balaban J connectivity index is 2.94. The second-order valence-electron chi connectivity index (χ2n) is 41.0. The van der Waals surface area contributed by atoms with Crippen molar-refractivity contribution in [2.24, 2.45) is 5.92 Å². The quantitative estimate of drug-likeness (QED) is 0.0118. The number of amides is 2. The highest BCUT2D eigenvalue weighted by Crippen LogP contribution is 2.45. The number of phosphoric ester groups is 2. The Bertz CT molecular complexity index is 3070. The second-order valence-corrected chi connectivity index (χ2v) is 43.4. The maximum absolute atomic E-state index is 15.4. The van der Waals surface area contributed by atoms with Crippen LogP contribution in [0.1, 0.15) is 562 Å². The number of ether oxygens (including phenoxy) is 7. The third kappa shape index (κ3) is 72.5. The number of aliphatic hydroxyl groups excluding tert-OH is 3. The van der Waals surface area contributed by atoms with Crippen molar-refractivity contribution in [2.45, 2.75) is 642 Å². The summed E-state index contributed by atoms with van der Waals surface area (Å²) >= 11 is 0. The Morgan fingerprint density at radius 1 is 0.309 bits per heavy atom. The minimum atomic E-state index is -5.74. The van der Waals surface area contributed by atoms with Gasteiger partial charge in [-0.1, -0.05) is 459 Å². The molecule has 2 saturated heterocycles. The van der Waals surface area contributed by atoms with Crippen LogP contribution in [0.3, 0.4) is 0 Å². The number of rotatable bonds is 99. The number of unbranched alkanes of at least 4 members (excludes halogenated alkanes) is 62. The van der Waals surface area contributed by atoms with Gasteiger partial charge < -0.3 is 78.7 Å². The summed E-state index contributed by atoms with van der Waals surface area (Å²) in [6, 6.07) is -3.89. The minimum absolute atomic E-state index is 0.0856. The molecule has 2 aliphatic rings. The molecule has 0 aromatic carbocycles. The summed E-state index contributed by atoms with van der Waals surface area (Å²) in [6.07, 6.45) is 50.1. The number of nitrogens with one attached hydrogen (secondary N) is 2. The van der Waals surface area contributed by atoms with Crippen LogP contribution in [0.5, 0.6) is 0 Å². The van der Waals surface area contributed by atoms with E-state index in [0.29, 0.717) is 51.4 Å². The first-order valence-electron chi connectivity index (χ1n) is 57.5. The van der Waals surface area contributed by atoms with Gasteiger partial charge in [-0.2, -0.15) is 0 Å². The summed E-state index contributed by atoms with van der Waals surface area (Å²) in [6.45, 7) is 13.2. The van der Waals surface area contributed by atoms with Gasteiger partial charge in [0, 0.05) is 25.2 Å². The van der Waals surface area contributed by atoms with Gasteiger partial charge in [-0.25, -0.2) is 9.13 Å². The number of phosphoric acid groups is 2. The number of esters is 4. The number of Topliss-reactive ketones (excluding diaryl/α,β-unsaturated/α-hetero) is 1. The maximum atomic E-state index is 15.4. The number of aliphatic hydroxyl groups is 3. The average molecular weight is 2020 g/mol. The largest absolute Gasteiger partial charge is 0.472 e. The summed E-state index contributed by atoms with van der Waals surface area (Å²) in [5.41, 5.74) is 0. The molecule has 139 heavy (non-hydrogen) atoms. The third-order valence-corrected chi connectivity index (χ3v) is 28.9. The Kier molecular flexibility index (Phi) is 83.8. The molecular formula is C110H208N2O25P2. The lowest BCUT2D eigenvalue weighted by Crippen LogP contribution is -2.68. The number of carbonyl (C=O) groups excluding carboxylic acids is 7. The molecule has 818 valence electrons. The molecule has 2 fully saturated rings. The van der Waals surface area contributed by atoms with E-state index in [1.165, 1.54) is 109 Å². The highest BCUT2D eigenvalue weighted by atomic mass is 31.2. The van der Waals surface area contributed by atoms with Crippen molar-refractivity contribution >= 4 is 57.1 Å². The van der Waals surface area contributed by atoms with E-state index in [9.17, 15) is 68.0 Å². The van der Waals surface area contributed by atoms with Crippen LogP contribution in [0.4, 0.5) is 0 Å². The fourth-order valence-electron chi connectivity index (χ4n) is 19.4. The number of ketones is 1. The number of hydrogen-bond donors (Lipinski definition) is 9. The van der Waals surface area contributed by atoms with Gasteiger partial charge in [-0.05, 0) is 57.8 Å². The van der Waals surface area contributed by atoms with Gasteiger partial charge in [0.05, 0.1) is 45.0 Å². The number of hydrogen-bond acceptors (Lipinski definition) is 21. The van der Waals surface area contributed by atoms with Crippen LogP contribution in [0.15, 0.2) is 0 Å². The Morgan fingerprint density at radius 2 is 0.590 bits per heavy atom. The van der Waals surface area contributed by atoms with Gasteiger partial charge in [-0.15, -0.1) is 0 Å². The fourth-order valence-corrected chi connectivity index (χ4v) is 20.4. The van der Waals surface area contributed by atoms with E-state index in [-0.39, 0.29) is 44.3 Å². The van der Waals surface area contributed by atoms with E-state index in [4.69, 9.17) is 42.2 Å². The predicted octanol–water partition coefficient (Wildman–Crippen LogP) is 26.9. The predicted molar refractivity (Wildman–Crippen MR) is 553 cm³/mol. The van der Waals surface area contributed by atoms with Crippen LogP contribution in [0.25, 0.3) is 0 Å². The highest BCUT2D eigenvalue weighted by Gasteiger charge is 2.55. The topological polar surface area (TPSA) is 402 Å². The SMILES string of the molecule is CCCCCCCCCCCCCCCC(=O)OC(CCCCCCCCCCC)CC(=O)N[C@H]1[C@@H](OP(=O)(O)O)O[C@H](CO[C@@H]2O[C@H](CO)[C@@H](OP(=O)(O)O)[C@H](OC(=O)CC(CCCCCCCCCCC)C(=O)CCCCCCCCCCCCC)[C@H]2NC(=O)CC(CCCCCCCCCCC)OC(=O)CCCCCCCCCCC)[C@@H](O)[C@@H]1OC(=O)CC(O)CCCCCCCCCCC. The van der Waals surface area contributed by atoms with Gasteiger partial charge in [0.15, 0.2) is 24.8 Å². The molecule has 27 nitrogen and oxygen atoms in total. The molecule has 0 aliphatic carbocycles. The van der Waals surface area contributed by atoms with E-state index in [1.54, 1.807) is 0 Å². The second kappa shape index (κ2) is 88.6. The van der Waals surface area contributed by atoms with Crippen molar-refractivity contribution in [1.29, 1.82) is 0 Å². The highest BCUT2D eigenvalue weighted by molar-refractivity contribution is 7.46. The molecule has 2 rings (SSSR count). The van der Waals surface area contributed by atoms with Crippen molar-refractivity contribution in [1.82, 2.24) is 10.6 Å². The van der Waals surface area contributed by atoms with Crippen molar-refractivity contribution < 1.29 is 120 Å². The molecule has 0 saturated carbocycles. The van der Waals surface area contributed by atoms with Crippen molar-refractivity contribution in [3.8, 4) is 0 Å². The van der Waals surface area contributed by atoms with Crippen molar-refractivity contribution in [3.63, 3.8) is 0 Å². The zero-order chi connectivity index (χ0) is 102. The normalized spacial score (nSPS) is 19.4. The first-order chi connectivity index (χ1) is 67.3. The molecule has 29 heteroatoms. The Labute approximate surface area is 843 Å². The zero-order valence-electron chi connectivity index (χ0n) is 88.9. The summed E-state index contributed by atoms with van der Waals surface area (Å²) in [5, 5.41) is 41.2. The molecule has 2 amide bonds. The summed E-state index contributed by atoms with van der Waals surface area (Å²) in [5.74, 6) is -5.95. The standard InChI is InChI=1S/C110H208N2O25P2/c1-8-15-22-29-36-43-45-46-48-55-62-69-76-83-99(118)130-92(79-72-65-58-51-40-33-26-19-12-5)86-97(116)111-103-107(134-102(121)85-91(114)78-71-64-57-50-39-32-25-18-11-4)105(122)96(133-110(103)137-139(126,127)128)89-129-109-104(112-98(117)87-93(80-73-66-59-52-41-34-27-20-13-6)131-100(119)82-75-68-61-53-42-35-28-21-14-7)108(106(95(88-113)132-109)136-138(123,124)125)135-101(120)84-90(77-70-63-56-49-38-31-24-17-10-3)94(115)81-74-67-60-54-47-44-37-30-23-16-9-2/h90-93,95-96,103-110,113-114,122H,8-89H2,1-7H3,(H,111,116)(H,112,117)(H2,123,124,125)(H2,126,127,128)/t90?,91?,92?,93?,95-,96-,103-,104-,105-,106-,107-,108-,109-,110-/m1/s1. The van der Waals surface area contributed by atoms with Gasteiger partial charge in [0.1, 0.15) is 54.5 Å². The van der Waals surface area contributed by atoms with E-state index < -0.39 is 176 Å². The Hall–Kier alpha value is -3.53. The molecule has 0 spiro atoms. The molecule has 0 aromatic rings. The van der Waals surface area contributed by atoms with Gasteiger partial charge in [-0.3, -0.25) is 42.6 Å². The van der Waals surface area contributed by atoms with E-state index in [0.717, 1.165) is 289 Å². The van der Waals surface area contributed by atoms with E-state index >= 15 is 9.59 Å². The molecule has 4 unspecified atom stereocenters. The molecule has 0 aromatic heterocycles. The monoisotopic (exact) mass is 2020 g/mol. The molecule has 2 aliphatic heterocycles. The lowest BCUT2D eigenvalue weighted by atomic mass is 9.90. The van der Waals surface area contributed by atoms with Crippen molar-refractivity contribution in [2.75, 3.05) is 13.2 Å². The van der Waals surface area contributed by atoms with Crippen molar-refractivity contribution in [3.05, 3.63) is 0 Å². The molecule has 0 bridgehead atoms. The first kappa shape index (κ1) is 132. The van der Waals surface area contributed by atoms with Crippen LogP contribution < -0.4 is 10.6 Å². The summed E-state index contributed by atoms with van der Waals surface area (Å²) in [4.78, 5) is 146. The summed E-state index contributed by atoms with van der Waals surface area (Å²) in [7, 11) is -11.4. The van der Waals surface area contributed by atoms with Gasteiger partial charge in [0.2, 0.25) is 11.8 Å². The smallest absolute Gasteiger partial charge is 0.462 e. The molecular weight excluding hydrogens is 1810 g/mol. The Morgan fingerprint density at radius 3 is 0.921 bits per heavy atom. The zero-order valence-corrected chi connectivity index (χ0v) is 90.7. The van der Waals surface area contributed by atoms with E-state index in [2.05, 4.69) is 59.1 Å². The average Bonchev–Trinajstić information content (AvgIpc) is 0.764. The number of carbonyl (C=O) groups is 7. The molecule has 9 N–H and O–H groups in total.